The quantitative estimate of drug-likeness (QED) is 0.101. The first-order chi connectivity index (χ1) is 51.0. The third-order valence-corrected chi connectivity index (χ3v) is 18.8. The highest BCUT2D eigenvalue weighted by Gasteiger charge is 2.02. The molecule has 21 heteroatoms. The lowest BCUT2D eigenvalue weighted by atomic mass is 10.1. The number of ether oxygens (including phenoxy) is 4. The van der Waals surface area contributed by atoms with Crippen molar-refractivity contribution in [3.05, 3.63) is 48.9 Å². The van der Waals surface area contributed by atoms with Crippen molar-refractivity contribution in [2.45, 2.75) is 218 Å². The molecule has 0 spiro atoms. The van der Waals surface area contributed by atoms with Gasteiger partial charge in [-0.2, -0.15) is 0 Å². The molecule has 12 fully saturated rings. The van der Waals surface area contributed by atoms with E-state index in [9.17, 15) is 0 Å². The van der Waals surface area contributed by atoms with Crippen molar-refractivity contribution in [1.82, 2.24) is 85.1 Å². The number of piperidine rings is 4. The molecule has 16 aliphatic rings. The first kappa shape index (κ1) is 98.2. The Morgan fingerprint density at radius 3 is 0.676 bits per heavy atom. The van der Waals surface area contributed by atoms with Crippen LogP contribution in [0.1, 0.15) is 218 Å². The lowest BCUT2D eigenvalue weighted by Gasteiger charge is -2.10. The number of hydrogen-bond donors (Lipinski definition) is 16. The van der Waals surface area contributed by atoms with E-state index in [2.05, 4.69) is 122 Å². The fraction of sp³-hybridized carbons (Fsp3) is 0.901. The second-order valence-electron chi connectivity index (χ2n) is 27.6. The van der Waals surface area contributed by atoms with Gasteiger partial charge in [-0.1, -0.05) is 107 Å². The summed E-state index contributed by atoms with van der Waals surface area (Å²) in [6, 6.07) is 0. The first-order valence-corrected chi connectivity index (χ1v) is 44.0. The molecule has 20 nitrogen and oxygen atoms in total. The van der Waals surface area contributed by atoms with Gasteiger partial charge in [0.1, 0.15) is 0 Å². The van der Waals surface area contributed by atoms with Crippen LogP contribution < -0.4 is 85.1 Å². The smallest absolute Gasteiger partial charge is 0.0701 e. The van der Waals surface area contributed by atoms with E-state index in [1.807, 2.05) is 24.2 Å². The van der Waals surface area contributed by atoms with E-state index in [1.54, 1.807) is 0 Å². The largest absolute Gasteiger partial charge is 0.391 e. The van der Waals surface area contributed by atoms with Crippen molar-refractivity contribution in [1.29, 1.82) is 0 Å². The van der Waals surface area contributed by atoms with Crippen LogP contribution in [0.5, 0.6) is 0 Å². The molecular formula is C81H170N16O4S. The summed E-state index contributed by atoms with van der Waals surface area (Å²) in [4.78, 5) is 0. The lowest BCUT2D eigenvalue weighted by molar-refractivity contribution is 0.0100. The molecule has 604 valence electrons. The minimum absolute atomic E-state index is 0.670. The first-order valence-electron chi connectivity index (χ1n) is 42.9. The average molecular weight is 1460 g/mol. The van der Waals surface area contributed by atoms with E-state index in [4.69, 9.17) is 18.9 Å². The zero-order valence-electron chi connectivity index (χ0n) is 66.3. The third-order valence-electron chi connectivity index (χ3n) is 17.9. The van der Waals surface area contributed by atoms with Crippen molar-refractivity contribution < 1.29 is 18.9 Å². The number of allylic oxidation sites excluding steroid dienone is 1. The Morgan fingerprint density at radius 1 is 0.176 bits per heavy atom. The van der Waals surface area contributed by atoms with Crippen LogP contribution in [0.2, 0.25) is 0 Å². The van der Waals surface area contributed by atoms with Gasteiger partial charge in [-0.15, -0.1) is 11.8 Å². The summed E-state index contributed by atoms with van der Waals surface area (Å²) in [5.41, 5.74) is 0. The van der Waals surface area contributed by atoms with Gasteiger partial charge in [0.05, 0.1) is 46.2 Å². The molecule has 0 aliphatic carbocycles. The predicted molar refractivity (Wildman–Crippen MR) is 445 cm³/mol. The summed E-state index contributed by atoms with van der Waals surface area (Å²) in [7, 11) is 0. The van der Waals surface area contributed by atoms with E-state index in [0.29, 0.717) is 26.4 Å². The van der Waals surface area contributed by atoms with E-state index >= 15 is 0 Å². The van der Waals surface area contributed by atoms with Crippen molar-refractivity contribution in [3.8, 4) is 0 Å². The topological polar surface area (TPSA) is 229 Å². The number of hydrogen-bond acceptors (Lipinski definition) is 21. The number of nitrogens with one attached hydrogen (secondary N) is 16. The molecule has 0 bridgehead atoms. The molecule has 0 unspecified atom stereocenters. The molecule has 16 heterocycles. The molecule has 0 saturated carbocycles. The van der Waals surface area contributed by atoms with Crippen LogP contribution in [0.15, 0.2) is 48.9 Å². The molecule has 0 atom stereocenters. The summed E-state index contributed by atoms with van der Waals surface area (Å²) in [5.74, 6) is 2.47. The standard InChI is InChI=1S/C8H17NO3.C7H15N.C6H13NO.2C6H13N.4C5H11N.2C5H9N.C4H9N.2C4H7N.C3H7NS.C3H7N/c1-3-10-5-7-12-8-6-11-4-2-9-1;1-2-4-6-8-7-5-3-1;1-2-5-8-6-4-7-3-1;2*1-2-4-6-7-5-3-1;6*1-2-4-6-5-3-1;3*1-2-4-5-3-1;1-2-5-3-4-1;1-2-4-3-1/h9H,1-8H2;8H,1-7H2;7H,1-6H2;2*7H,1-6H2;4*6H,1-5H2;2,4,6H,1,3,5H2;1-2,6H,3-5H2;5H,1-4H2;1,3,5H,2,4H2;1-2,5H,3-4H2;4H,1-3H2;4H,1-3H2. The lowest BCUT2D eigenvalue weighted by Crippen LogP contribution is -2.29. The third kappa shape index (κ3) is 92.4. The summed E-state index contributed by atoms with van der Waals surface area (Å²) < 4.78 is 21.0. The molecule has 12 saturated heterocycles. The van der Waals surface area contributed by atoms with Crippen LogP contribution in [0.4, 0.5) is 0 Å². The molecule has 16 aliphatic heterocycles. The van der Waals surface area contributed by atoms with Gasteiger partial charge in [0.25, 0.3) is 0 Å². The SMILES string of the molecule is C1=CCNC1.C1=CCNCC1.C1=CNCC1.C1=CNCCC1.C1CCCNCC1.C1CCCNCC1.C1CCCNCCC1.C1CCNC1.C1CCNCC1.C1CCNCC1.C1CCNCC1.C1CCNCC1.C1CCOCCNC1.C1CNC1.C1COCCOCCOCCN1.C1CSCN1. The minimum atomic E-state index is 0.670. The molecule has 0 aromatic rings. The molecule has 16 N–H and O–H groups in total. The molecule has 0 amide bonds. The summed E-state index contributed by atoms with van der Waals surface area (Å²) >= 11 is 1.96. The van der Waals surface area contributed by atoms with Crippen LogP contribution in [-0.2, 0) is 18.9 Å². The zero-order chi connectivity index (χ0) is 72.1. The van der Waals surface area contributed by atoms with Crippen molar-refractivity contribution >= 4 is 11.8 Å². The Hall–Kier alpha value is -1.81. The molecule has 16 rings (SSSR count). The van der Waals surface area contributed by atoms with E-state index in [1.165, 1.54) is 361 Å². The molecule has 0 aromatic carbocycles. The number of rotatable bonds is 0. The maximum atomic E-state index is 5.28. The van der Waals surface area contributed by atoms with Gasteiger partial charge < -0.3 is 104 Å². The van der Waals surface area contributed by atoms with E-state index in [-0.39, 0.29) is 0 Å². The normalized spacial score (nSPS) is 23.2. The van der Waals surface area contributed by atoms with Gasteiger partial charge in [0, 0.05) is 77.1 Å². The van der Waals surface area contributed by atoms with Gasteiger partial charge in [0.15, 0.2) is 0 Å². The van der Waals surface area contributed by atoms with Gasteiger partial charge in [-0.3, -0.25) is 0 Å². The monoisotopic (exact) mass is 1460 g/mol. The fourth-order valence-electron chi connectivity index (χ4n) is 11.2. The minimum Gasteiger partial charge on any atom is -0.391 e. The molecule has 102 heavy (non-hydrogen) atoms. The summed E-state index contributed by atoms with van der Waals surface area (Å²) in [5, 5.41) is 51.7. The van der Waals surface area contributed by atoms with Gasteiger partial charge in [0.2, 0.25) is 0 Å². The average Bonchev–Trinajstić information content (AvgIpc) is 4.62. The van der Waals surface area contributed by atoms with Crippen LogP contribution in [-0.4, -0.2) is 254 Å². The summed E-state index contributed by atoms with van der Waals surface area (Å²) in [6.07, 6.45) is 63.8. The number of thioether (sulfide) groups is 1. The Labute approximate surface area is 634 Å². The Balaban J connectivity index is 0.000000547. The highest BCUT2D eigenvalue weighted by molar-refractivity contribution is 7.99. The van der Waals surface area contributed by atoms with Gasteiger partial charge in [-0.05, 0) is 291 Å². The van der Waals surface area contributed by atoms with Crippen LogP contribution in [0.3, 0.4) is 0 Å². The zero-order valence-corrected chi connectivity index (χ0v) is 67.1. The van der Waals surface area contributed by atoms with Crippen molar-refractivity contribution in [3.63, 3.8) is 0 Å². The van der Waals surface area contributed by atoms with Crippen molar-refractivity contribution in [2.24, 2.45) is 0 Å². The fourth-order valence-corrected chi connectivity index (χ4v) is 12.0. The van der Waals surface area contributed by atoms with E-state index < -0.39 is 0 Å². The molecule has 0 aromatic heterocycles. The highest BCUT2D eigenvalue weighted by Crippen LogP contribution is 2.05. The maximum absolute atomic E-state index is 5.28. The summed E-state index contributed by atoms with van der Waals surface area (Å²) in [6.45, 7) is 40.4. The Kier molecular flexibility index (Phi) is 91.7. The molecule has 0 radical (unpaired) electrons. The van der Waals surface area contributed by atoms with Crippen LogP contribution in [0.25, 0.3) is 0 Å². The second-order valence-corrected chi connectivity index (χ2v) is 28.7. The van der Waals surface area contributed by atoms with Gasteiger partial charge in [-0.25, -0.2) is 0 Å². The van der Waals surface area contributed by atoms with Gasteiger partial charge >= 0.3 is 0 Å². The van der Waals surface area contributed by atoms with Crippen LogP contribution in [0, 0.1) is 0 Å². The molecular weight excluding hydrogens is 1290 g/mol. The Bertz CT molecular complexity index is 1260. The van der Waals surface area contributed by atoms with E-state index in [0.717, 1.165) is 85.3 Å². The Morgan fingerprint density at radius 2 is 0.461 bits per heavy atom. The van der Waals surface area contributed by atoms with Crippen LogP contribution >= 0.6 is 11.8 Å². The predicted octanol–water partition coefficient (Wildman–Crippen LogP) is 9.59. The van der Waals surface area contributed by atoms with Crippen molar-refractivity contribution in [2.75, 3.05) is 254 Å². The maximum Gasteiger partial charge on any atom is 0.0701 e. The highest BCUT2D eigenvalue weighted by atomic mass is 32.2. The second kappa shape index (κ2) is 95.3.